The molecule has 120 valence electrons. The predicted molar refractivity (Wildman–Crippen MR) is 84.5 cm³/mol. The van der Waals surface area contributed by atoms with E-state index in [1.54, 1.807) is 12.3 Å². The van der Waals surface area contributed by atoms with E-state index in [0.29, 0.717) is 18.2 Å². The highest BCUT2D eigenvalue weighted by molar-refractivity contribution is 5.92. The number of benzene rings is 1. The number of amides is 1. The fourth-order valence-electron chi connectivity index (χ4n) is 2.14. The Bertz CT molecular complexity index is 718. The SMILES string of the molecule is CC(C)NC(=O)c1ccnc(NCc2ccc3c(c2)OCO3)n1. The van der Waals surface area contributed by atoms with E-state index in [4.69, 9.17) is 9.47 Å². The van der Waals surface area contributed by atoms with Crippen LogP contribution >= 0.6 is 0 Å². The van der Waals surface area contributed by atoms with Gasteiger partial charge >= 0.3 is 0 Å². The molecule has 0 fully saturated rings. The first kappa shape index (κ1) is 15.1. The van der Waals surface area contributed by atoms with Crippen LogP contribution in [0.1, 0.15) is 29.9 Å². The maximum atomic E-state index is 11.9. The van der Waals surface area contributed by atoms with Crippen molar-refractivity contribution in [3.63, 3.8) is 0 Å². The van der Waals surface area contributed by atoms with Crippen molar-refractivity contribution >= 4 is 11.9 Å². The molecule has 0 bridgehead atoms. The van der Waals surface area contributed by atoms with Crippen LogP contribution in [0.25, 0.3) is 0 Å². The molecule has 2 heterocycles. The number of nitrogens with zero attached hydrogens (tertiary/aromatic N) is 2. The zero-order valence-corrected chi connectivity index (χ0v) is 13.0. The van der Waals surface area contributed by atoms with E-state index in [-0.39, 0.29) is 18.7 Å². The largest absolute Gasteiger partial charge is 0.454 e. The number of hydrogen-bond acceptors (Lipinski definition) is 6. The number of anilines is 1. The molecule has 7 nitrogen and oxygen atoms in total. The Balaban J connectivity index is 1.65. The summed E-state index contributed by atoms with van der Waals surface area (Å²) in [6.07, 6.45) is 1.56. The fourth-order valence-corrected chi connectivity index (χ4v) is 2.14. The van der Waals surface area contributed by atoms with Crippen molar-refractivity contribution in [1.82, 2.24) is 15.3 Å². The Labute approximate surface area is 134 Å². The third kappa shape index (κ3) is 3.68. The van der Waals surface area contributed by atoms with Crippen LogP contribution in [0.2, 0.25) is 0 Å². The third-order valence-corrected chi connectivity index (χ3v) is 3.20. The highest BCUT2D eigenvalue weighted by atomic mass is 16.7. The van der Waals surface area contributed by atoms with Crippen LogP contribution in [0.3, 0.4) is 0 Å². The number of rotatable bonds is 5. The van der Waals surface area contributed by atoms with Crippen LogP contribution in [-0.4, -0.2) is 28.7 Å². The van der Waals surface area contributed by atoms with Gasteiger partial charge in [0.1, 0.15) is 5.69 Å². The van der Waals surface area contributed by atoms with Gasteiger partial charge in [-0.15, -0.1) is 0 Å². The van der Waals surface area contributed by atoms with Crippen LogP contribution in [0, 0.1) is 0 Å². The number of ether oxygens (including phenoxy) is 2. The average Bonchev–Trinajstić information content (AvgIpc) is 3.00. The van der Waals surface area contributed by atoms with E-state index < -0.39 is 0 Å². The van der Waals surface area contributed by atoms with Gasteiger partial charge in [-0.2, -0.15) is 0 Å². The first-order chi connectivity index (χ1) is 11.1. The Morgan fingerprint density at radius 2 is 2.09 bits per heavy atom. The van der Waals surface area contributed by atoms with Crippen molar-refractivity contribution < 1.29 is 14.3 Å². The average molecular weight is 314 g/mol. The Kier molecular flexibility index (Phi) is 4.27. The third-order valence-electron chi connectivity index (χ3n) is 3.20. The van der Waals surface area contributed by atoms with E-state index in [1.807, 2.05) is 32.0 Å². The molecule has 2 aromatic rings. The Morgan fingerprint density at radius 1 is 1.26 bits per heavy atom. The number of fused-ring (bicyclic) bond motifs is 1. The quantitative estimate of drug-likeness (QED) is 0.877. The molecule has 1 aromatic heterocycles. The molecule has 0 radical (unpaired) electrons. The molecule has 0 atom stereocenters. The van der Waals surface area contributed by atoms with Gasteiger partial charge in [0.15, 0.2) is 11.5 Å². The monoisotopic (exact) mass is 314 g/mol. The second-order valence-corrected chi connectivity index (χ2v) is 5.43. The second kappa shape index (κ2) is 6.51. The summed E-state index contributed by atoms with van der Waals surface area (Å²) in [5.74, 6) is 1.67. The minimum atomic E-state index is -0.214. The molecule has 0 spiro atoms. The predicted octanol–water partition coefficient (Wildman–Crippen LogP) is 1.96. The van der Waals surface area contributed by atoms with E-state index in [0.717, 1.165) is 17.1 Å². The van der Waals surface area contributed by atoms with Crippen molar-refractivity contribution in [2.45, 2.75) is 26.4 Å². The van der Waals surface area contributed by atoms with Crippen molar-refractivity contribution in [1.29, 1.82) is 0 Å². The lowest BCUT2D eigenvalue weighted by atomic mass is 10.2. The van der Waals surface area contributed by atoms with Gasteiger partial charge in [-0.3, -0.25) is 4.79 Å². The molecular weight excluding hydrogens is 296 g/mol. The molecule has 0 saturated heterocycles. The highest BCUT2D eigenvalue weighted by Crippen LogP contribution is 2.32. The molecule has 23 heavy (non-hydrogen) atoms. The molecule has 1 aliphatic rings. The lowest BCUT2D eigenvalue weighted by molar-refractivity contribution is 0.0938. The van der Waals surface area contributed by atoms with Crippen LogP contribution in [0.4, 0.5) is 5.95 Å². The van der Waals surface area contributed by atoms with Crippen LogP contribution < -0.4 is 20.1 Å². The zero-order chi connectivity index (χ0) is 16.2. The van der Waals surface area contributed by atoms with Crippen molar-refractivity contribution in [2.75, 3.05) is 12.1 Å². The minimum Gasteiger partial charge on any atom is -0.454 e. The molecule has 0 aliphatic carbocycles. The van der Waals surface area contributed by atoms with E-state index in [9.17, 15) is 4.79 Å². The summed E-state index contributed by atoms with van der Waals surface area (Å²) in [7, 11) is 0. The summed E-state index contributed by atoms with van der Waals surface area (Å²) >= 11 is 0. The standard InChI is InChI=1S/C16H18N4O3/c1-10(2)19-15(21)12-5-6-17-16(20-12)18-8-11-3-4-13-14(7-11)23-9-22-13/h3-7,10H,8-9H2,1-2H3,(H,19,21)(H,17,18,20). The first-order valence-corrected chi connectivity index (χ1v) is 7.38. The summed E-state index contributed by atoms with van der Waals surface area (Å²) < 4.78 is 10.6. The van der Waals surface area contributed by atoms with Crippen LogP contribution in [-0.2, 0) is 6.54 Å². The van der Waals surface area contributed by atoms with E-state index >= 15 is 0 Å². The second-order valence-electron chi connectivity index (χ2n) is 5.43. The van der Waals surface area contributed by atoms with Crippen LogP contribution in [0.5, 0.6) is 11.5 Å². The van der Waals surface area contributed by atoms with Crippen molar-refractivity contribution in [3.8, 4) is 11.5 Å². The number of hydrogen-bond donors (Lipinski definition) is 2. The van der Waals surface area contributed by atoms with Gasteiger partial charge in [0.05, 0.1) is 0 Å². The summed E-state index contributed by atoms with van der Waals surface area (Å²) in [6.45, 7) is 4.57. The normalized spacial score (nSPS) is 12.3. The summed E-state index contributed by atoms with van der Waals surface area (Å²) in [5, 5.41) is 5.90. The summed E-state index contributed by atoms with van der Waals surface area (Å²) in [6, 6.07) is 7.36. The van der Waals surface area contributed by atoms with Crippen molar-refractivity contribution in [2.24, 2.45) is 0 Å². The molecule has 7 heteroatoms. The molecule has 3 rings (SSSR count). The van der Waals surface area contributed by atoms with E-state index in [1.165, 1.54) is 0 Å². The smallest absolute Gasteiger partial charge is 0.270 e. The van der Waals surface area contributed by atoms with Gasteiger partial charge in [-0.05, 0) is 37.6 Å². The highest BCUT2D eigenvalue weighted by Gasteiger charge is 2.13. The number of nitrogens with one attached hydrogen (secondary N) is 2. The maximum absolute atomic E-state index is 11.9. The molecule has 1 amide bonds. The summed E-state index contributed by atoms with van der Waals surface area (Å²) in [5.41, 5.74) is 1.34. The molecule has 0 unspecified atom stereocenters. The lowest BCUT2D eigenvalue weighted by Gasteiger charge is -2.09. The van der Waals surface area contributed by atoms with Gasteiger partial charge in [0.2, 0.25) is 12.7 Å². The molecular formula is C16H18N4O3. The summed E-state index contributed by atoms with van der Waals surface area (Å²) in [4.78, 5) is 20.3. The Hall–Kier alpha value is -2.83. The van der Waals surface area contributed by atoms with E-state index in [2.05, 4.69) is 20.6 Å². The minimum absolute atomic E-state index is 0.0579. The van der Waals surface area contributed by atoms with Gasteiger partial charge in [-0.1, -0.05) is 6.07 Å². The lowest BCUT2D eigenvalue weighted by Crippen LogP contribution is -2.30. The number of carbonyl (C=O) groups excluding carboxylic acids is 1. The van der Waals surface area contributed by atoms with Crippen LogP contribution in [0.15, 0.2) is 30.5 Å². The zero-order valence-electron chi connectivity index (χ0n) is 13.0. The topological polar surface area (TPSA) is 85.4 Å². The molecule has 0 saturated carbocycles. The molecule has 1 aromatic carbocycles. The first-order valence-electron chi connectivity index (χ1n) is 7.38. The fraction of sp³-hybridized carbons (Fsp3) is 0.312. The van der Waals surface area contributed by atoms with Gasteiger partial charge < -0.3 is 20.1 Å². The maximum Gasteiger partial charge on any atom is 0.270 e. The van der Waals surface area contributed by atoms with Gasteiger partial charge in [0.25, 0.3) is 5.91 Å². The number of aromatic nitrogens is 2. The molecule has 1 aliphatic heterocycles. The van der Waals surface area contributed by atoms with Gasteiger partial charge in [0, 0.05) is 18.8 Å². The van der Waals surface area contributed by atoms with Crippen molar-refractivity contribution in [3.05, 3.63) is 41.7 Å². The molecule has 2 N–H and O–H groups in total. The van der Waals surface area contributed by atoms with Gasteiger partial charge in [-0.25, -0.2) is 9.97 Å². The number of carbonyl (C=O) groups is 1. The Morgan fingerprint density at radius 3 is 2.91 bits per heavy atom.